The van der Waals surface area contributed by atoms with E-state index in [9.17, 15) is 13.2 Å². The first-order valence-corrected chi connectivity index (χ1v) is 11.9. The van der Waals surface area contributed by atoms with Crippen molar-refractivity contribution in [2.75, 3.05) is 30.4 Å². The molecule has 1 amide bonds. The average molecular weight is 509 g/mol. The molecule has 33 heavy (non-hydrogen) atoms. The Bertz CT molecular complexity index is 1260. The predicted molar refractivity (Wildman–Crippen MR) is 130 cm³/mol. The number of ether oxygens (including phenoxy) is 2. The molecule has 7 nitrogen and oxygen atoms in total. The van der Waals surface area contributed by atoms with Gasteiger partial charge in [-0.05, 0) is 49.4 Å². The van der Waals surface area contributed by atoms with Crippen molar-refractivity contribution in [1.29, 1.82) is 0 Å². The molecule has 3 rings (SSSR count). The van der Waals surface area contributed by atoms with Crippen LogP contribution in [0.3, 0.4) is 0 Å². The Labute approximate surface area is 202 Å². The molecule has 10 heteroatoms. The van der Waals surface area contributed by atoms with Gasteiger partial charge < -0.3 is 14.8 Å². The van der Waals surface area contributed by atoms with E-state index < -0.39 is 22.5 Å². The molecular weight excluding hydrogens is 487 g/mol. The fraction of sp³-hybridized carbons (Fsp3) is 0.174. The largest absolute Gasteiger partial charge is 0.497 e. The Morgan fingerprint density at radius 3 is 2.30 bits per heavy atom. The number of nitrogens with one attached hydrogen (secondary N) is 1. The highest BCUT2D eigenvalue weighted by molar-refractivity contribution is 7.92. The fourth-order valence-corrected chi connectivity index (χ4v) is 4.81. The summed E-state index contributed by atoms with van der Waals surface area (Å²) in [6, 6.07) is 15.6. The number of rotatable bonds is 8. The maximum Gasteiger partial charge on any atom is 0.264 e. The molecule has 0 aliphatic heterocycles. The number of carbonyl (C=O) groups is 1. The molecule has 0 spiro atoms. The van der Waals surface area contributed by atoms with Gasteiger partial charge in [0.1, 0.15) is 18.0 Å². The van der Waals surface area contributed by atoms with Gasteiger partial charge in [0.2, 0.25) is 5.91 Å². The van der Waals surface area contributed by atoms with Crippen molar-refractivity contribution in [1.82, 2.24) is 0 Å². The lowest BCUT2D eigenvalue weighted by molar-refractivity contribution is -0.114. The lowest BCUT2D eigenvalue weighted by Gasteiger charge is -2.26. The summed E-state index contributed by atoms with van der Waals surface area (Å²) in [5, 5.41) is 3.25. The molecule has 0 aliphatic carbocycles. The molecule has 0 heterocycles. The molecule has 0 saturated heterocycles. The number of aryl methyl sites for hydroxylation is 1. The van der Waals surface area contributed by atoms with Gasteiger partial charge in [-0.1, -0.05) is 40.9 Å². The highest BCUT2D eigenvalue weighted by atomic mass is 35.5. The summed E-state index contributed by atoms with van der Waals surface area (Å²) in [4.78, 5) is 13.0. The summed E-state index contributed by atoms with van der Waals surface area (Å²) < 4.78 is 38.8. The van der Waals surface area contributed by atoms with Gasteiger partial charge in [-0.25, -0.2) is 8.42 Å². The first-order valence-electron chi connectivity index (χ1n) is 9.72. The molecule has 0 atom stereocenters. The molecule has 0 aromatic heterocycles. The van der Waals surface area contributed by atoms with E-state index in [1.807, 2.05) is 6.92 Å². The van der Waals surface area contributed by atoms with Crippen molar-refractivity contribution < 1.29 is 22.7 Å². The van der Waals surface area contributed by atoms with Crippen molar-refractivity contribution in [2.24, 2.45) is 0 Å². The lowest BCUT2D eigenvalue weighted by atomic mass is 10.2. The molecule has 3 aromatic carbocycles. The Hall–Kier alpha value is -2.94. The predicted octanol–water partition coefficient (Wildman–Crippen LogP) is 5.15. The van der Waals surface area contributed by atoms with Crippen molar-refractivity contribution in [3.63, 3.8) is 0 Å². The molecule has 1 N–H and O–H groups in total. The molecule has 0 unspecified atom stereocenters. The lowest BCUT2D eigenvalue weighted by Crippen LogP contribution is -2.38. The smallest absolute Gasteiger partial charge is 0.264 e. The number of halogens is 2. The Morgan fingerprint density at radius 2 is 1.67 bits per heavy atom. The third-order valence-electron chi connectivity index (χ3n) is 4.75. The summed E-state index contributed by atoms with van der Waals surface area (Å²) in [7, 11) is -1.25. The summed E-state index contributed by atoms with van der Waals surface area (Å²) in [5.41, 5.74) is 1.34. The normalized spacial score (nSPS) is 11.1. The number of methoxy groups -OCH3 is 2. The van der Waals surface area contributed by atoms with Crippen LogP contribution in [0.25, 0.3) is 0 Å². The average Bonchev–Trinajstić information content (AvgIpc) is 2.79. The second-order valence-corrected chi connectivity index (χ2v) is 9.74. The van der Waals surface area contributed by atoms with E-state index in [1.165, 1.54) is 44.6 Å². The van der Waals surface area contributed by atoms with Crippen LogP contribution in [-0.2, 0) is 14.8 Å². The molecule has 3 aromatic rings. The molecule has 0 bridgehead atoms. The minimum atomic E-state index is -4.14. The molecule has 0 fully saturated rings. The van der Waals surface area contributed by atoms with Gasteiger partial charge in [-0.2, -0.15) is 0 Å². The van der Waals surface area contributed by atoms with Crippen LogP contribution >= 0.6 is 23.2 Å². The van der Waals surface area contributed by atoms with Crippen LogP contribution in [0.4, 0.5) is 11.4 Å². The van der Waals surface area contributed by atoms with Crippen molar-refractivity contribution in [3.8, 4) is 11.5 Å². The number of amides is 1. The van der Waals surface area contributed by atoms with Gasteiger partial charge in [-0.15, -0.1) is 0 Å². The third-order valence-corrected chi connectivity index (χ3v) is 7.09. The van der Waals surface area contributed by atoms with Gasteiger partial charge in [0, 0.05) is 11.1 Å². The highest BCUT2D eigenvalue weighted by Gasteiger charge is 2.30. The zero-order valence-corrected chi connectivity index (χ0v) is 20.5. The van der Waals surface area contributed by atoms with Gasteiger partial charge in [-0.3, -0.25) is 9.10 Å². The molecule has 0 aliphatic rings. The summed E-state index contributed by atoms with van der Waals surface area (Å²) in [6.07, 6.45) is 0. The van der Waals surface area contributed by atoms with Crippen LogP contribution in [0.1, 0.15) is 5.56 Å². The van der Waals surface area contributed by atoms with E-state index >= 15 is 0 Å². The Kier molecular flexibility index (Phi) is 7.73. The van der Waals surface area contributed by atoms with Crippen LogP contribution in [0.15, 0.2) is 65.6 Å². The van der Waals surface area contributed by atoms with Gasteiger partial charge in [0.05, 0.1) is 35.5 Å². The van der Waals surface area contributed by atoms with E-state index in [-0.39, 0.29) is 27.0 Å². The van der Waals surface area contributed by atoms with Crippen molar-refractivity contribution in [3.05, 3.63) is 76.3 Å². The topological polar surface area (TPSA) is 84.9 Å². The maximum absolute atomic E-state index is 13.6. The van der Waals surface area contributed by atoms with E-state index in [0.29, 0.717) is 10.8 Å². The number of carbonyl (C=O) groups excluding carboxylic acids is 1. The minimum Gasteiger partial charge on any atom is -0.497 e. The quantitative estimate of drug-likeness (QED) is 0.454. The SMILES string of the molecule is COc1ccc(N(CC(=O)Nc2cc(Cl)ccc2Cl)S(=O)(=O)c2ccc(C)cc2)c(OC)c1. The zero-order valence-electron chi connectivity index (χ0n) is 18.1. The van der Waals surface area contributed by atoms with E-state index in [2.05, 4.69) is 5.32 Å². The van der Waals surface area contributed by atoms with Gasteiger partial charge >= 0.3 is 0 Å². The Morgan fingerprint density at radius 1 is 0.970 bits per heavy atom. The molecule has 0 radical (unpaired) electrons. The second kappa shape index (κ2) is 10.3. The van der Waals surface area contributed by atoms with E-state index in [0.717, 1.165) is 9.87 Å². The highest BCUT2D eigenvalue weighted by Crippen LogP contribution is 2.35. The number of hydrogen-bond acceptors (Lipinski definition) is 5. The maximum atomic E-state index is 13.6. The fourth-order valence-electron chi connectivity index (χ4n) is 3.04. The monoisotopic (exact) mass is 508 g/mol. The molecular formula is C23H22Cl2N2O5S. The first-order chi connectivity index (χ1) is 15.6. The number of anilines is 2. The molecule has 174 valence electrons. The van der Waals surface area contributed by atoms with Crippen LogP contribution in [-0.4, -0.2) is 35.1 Å². The van der Waals surface area contributed by atoms with Crippen molar-refractivity contribution in [2.45, 2.75) is 11.8 Å². The van der Waals surface area contributed by atoms with Crippen LogP contribution in [0.5, 0.6) is 11.5 Å². The summed E-state index contributed by atoms with van der Waals surface area (Å²) >= 11 is 12.1. The minimum absolute atomic E-state index is 0.0274. The van der Waals surface area contributed by atoms with Crippen LogP contribution in [0.2, 0.25) is 10.0 Å². The first kappa shape index (κ1) is 24.7. The standard InChI is InChI=1S/C23H22Cl2N2O5S/c1-15-4-8-18(9-5-15)33(29,30)27(21-11-7-17(31-2)13-22(21)32-3)14-23(28)26-20-12-16(24)6-10-19(20)25/h4-13H,14H2,1-3H3,(H,26,28). The number of benzene rings is 3. The van der Waals surface area contributed by atoms with Crippen LogP contribution < -0.4 is 19.1 Å². The van der Waals surface area contributed by atoms with Gasteiger partial charge in [0.25, 0.3) is 10.0 Å². The summed E-state index contributed by atoms with van der Waals surface area (Å²) in [5.74, 6) is 0.0739. The number of sulfonamides is 1. The van der Waals surface area contributed by atoms with E-state index in [1.54, 1.807) is 30.3 Å². The van der Waals surface area contributed by atoms with Gasteiger partial charge in [0.15, 0.2) is 0 Å². The third kappa shape index (κ3) is 5.71. The second-order valence-electron chi connectivity index (χ2n) is 7.03. The Balaban J connectivity index is 2.04. The van der Waals surface area contributed by atoms with E-state index in [4.69, 9.17) is 32.7 Å². The van der Waals surface area contributed by atoms with Crippen LogP contribution in [0, 0.1) is 6.92 Å². The number of nitrogens with zero attached hydrogens (tertiary/aromatic N) is 1. The zero-order chi connectivity index (χ0) is 24.2. The summed E-state index contributed by atoms with van der Waals surface area (Å²) in [6.45, 7) is 1.31. The number of hydrogen-bond donors (Lipinski definition) is 1. The molecule has 0 saturated carbocycles. The van der Waals surface area contributed by atoms with Crippen molar-refractivity contribution >= 4 is 50.5 Å².